The van der Waals surface area contributed by atoms with E-state index in [0.29, 0.717) is 18.1 Å². The predicted molar refractivity (Wildman–Crippen MR) is 91.3 cm³/mol. The molecule has 0 aliphatic carbocycles. The monoisotopic (exact) mass is 345 g/mol. The van der Waals surface area contributed by atoms with Crippen LogP contribution < -0.4 is 0 Å². The van der Waals surface area contributed by atoms with Gasteiger partial charge in [-0.05, 0) is 31.5 Å². The van der Waals surface area contributed by atoms with Gasteiger partial charge < -0.3 is 4.90 Å². The van der Waals surface area contributed by atoms with Gasteiger partial charge in [-0.25, -0.2) is 0 Å². The molecule has 3 atom stereocenters. The molecule has 1 aromatic rings. The van der Waals surface area contributed by atoms with E-state index in [0.717, 1.165) is 10.8 Å². The molecule has 0 saturated carbocycles. The van der Waals surface area contributed by atoms with Crippen LogP contribution in [0.25, 0.3) is 0 Å². The molecule has 21 heavy (non-hydrogen) atoms. The standard InChI is InChI=1S/C15H20ClNO2S2/c1-11-12(2)21(19)8-7-17(11)15(18)10-20-9-13-3-5-14(16)6-4-13/h3-6,11-12H,7-10H2,1-2H3/t11-,12+,21+/m1/s1. The Morgan fingerprint density at radius 3 is 2.71 bits per heavy atom. The van der Waals surface area contributed by atoms with Crippen molar-refractivity contribution in [2.24, 2.45) is 0 Å². The van der Waals surface area contributed by atoms with Crippen molar-refractivity contribution in [3.05, 3.63) is 34.9 Å². The van der Waals surface area contributed by atoms with E-state index in [4.69, 9.17) is 11.6 Å². The summed E-state index contributed by atoms with van der Waals surface area (Å²) in [7, 11) is -0.803. The van der Waals surface area contributed by atoms with E-state index in [-0.39, 0.29) is 17.2 Å². The first-order chi connectivity index (χ1) is 9.99. The first kappa shape index (κ1) is 16.8. The Morgan fingerprint density at radius 2 is 2.05 bits per heavy atom. The second-order valence-corrected chi connectivity index (χ2v) is 8.57. The molecule has 0 N–H and O–H groups in total. The van der Waals surface area contributed by atoms with Crippen LogP contribution in [0.5, 0.6) is 0 Å². The van der Waals surface area contributed by atoms with Gasteiger partial charge in [0.1, 0.15) is 0 Å². The van der Waals surface area contributed by atoms with Gasteiger partial charge in [-0.15, -0.1) is 11.8 Å². The SMILES string of the molecule is C[C@@H]1[C@H](C)[S@@](=O)CCN1C(=O)CSCc1ccc(Cl)cc1. The summed E-state index contributed by atoms with van der Waals surface area (Å²) >= 11 is 7.45. The summed E-state index contributed by atoms with van der Waals surface area (Å²) in [6.07, 6.45) is 0. The zero-order valence-corrected chi connectivity index (χ0v) is 14.6. The normalized spacial score (nSPS) is 25.9. The average Bonchev–Trinajstić information content (AvgIpc) is 2.47. The van der Waals surface area contributed by atoms with E-state index < -0.39 is 10.8 Å². The highest BCUT2D eigenvalue weighted by molar-refractivity contribution is 7.99. The van der Waals surface area contributed by atoms with Gasteiger partial charge in [0.2, 0.25) is 5.91 Å². The Balaban J connectivity index is 1.82. The Hall–Kier alpha value is -0.520. The van der Waals surface area contributed by atoms with Gasteiger partial charge >= 0.3 is 0 Å². The number of carbonyl (C=O) groups is 1. The molecular formula is C15H20ClNO2S2. The van der Waals surface area contributed by atoms with E-state index >= 15 is 0 Å². The number of thioether (sulfide) groups is 1. The van der Waals surface area contributed by atoms with Gasteiger partial charge in [0, 0.05) is 39.9 Å². The molecule has 1 aliphatic rings. The zero-order chi connectivity index (χ0) is 15.4. The maximum Gasteiger partial charge on any atom is 0.232 e. The third-order valence-corrected chi connectivity index (χ3v) is 6.90. The van der Waals surface area contributed by atoms with Crippen LogP contribution >= 0.6 is 23.4 Å². The van der Waals surface area contributed by atoms with Crippen molar-refractivity contribution in [2.75, 3.05) is 18.1 Å². The van der Waals surface area contributed by atoms with Crippen LogP contribution in [-0.2, 0) is 21.3 Å². The topological polar surface area (TPSA) is 37.4 Å². The van der Waals surface area contributed by atoms with Gasteiger partial charge in [-0.3, -0.25) is 9.00 Å². The number of rotatable bonds is 4. The van der Waals surface area contributed by atoms with Crippen molar-refractivity contribution in [1.82, 2.24) is 4.90 Å². The molecule has 3 nitrogen and oxygen atoms in total. The quantitative estimate of drug-likeness (QED) is 0.842. The fourth-order valence-corrected chi connectivity index (χ4v) is 4.65. The highest BCUT2D eigenvalue weighted by Gasteiger charge is 2.32. The number of benzene rings is 1. The van der Waals surface area contributed by atoms with Crippen molar-refractivity contribution in [2.45, 2.75) is 30.9 Å². The summed E-state index contributed by atoms with van der Waals surface area (Å²) in [4.78, 5) is 14.2. The Labute approximate surface area is 137 Å². The summed E-state index contributed by atoms with van der Waals surface area (Å²) in [6.45, 7) is 4.56. The summed E-state index contributed by atoms with van der Waals surface area (Å²) < 4.78 is 11.8. The average molecular weight is 346 g/mol. The van der Waals surface area contributed by atoms with E-state index in [1.165, 1.54) is 5.56 Å². The number of hydrogen-bond acceptors (Lipinski definition) is 3. The largest absolute Gasteiger partial charge is 0.337 e. The minimum atomic E-state index is -0.803. The minimum absolute atomic E-state index is 0.0585. The molecule has 1 heterocycles. The van der Waals surface area contributed by atoms with E-state index in [9.17, 15) is 9.00 Å². The number of hydrogen-bond donors (Lipinski definition) is 0. The van der Waals surface area contributed by atoms with E-state index in [1.807, 2.05) is 43.0 Å². The predicted octanol–water partition coefficient (Wildman–Crippen LogP) is 2.94. The fourth-order valence-electron chi connectivity index (χ4n) is 2.32. The Bertz CT molecular complexity index is 521. The van der Waals surface area contributed by atoms with Gasteiger partial charge in [-0.2, -0.15) is 0 Å². The van der Waals surface area contributed by atoms with Crippen molar-refractivity contribution in [3.63, 3.8) is 0 Å². The molecule has 0 spiro atoms. The fraction of sp³-hybridized carbons (Fsp3) is 0.533. The summed E-state index contributed by atoms with van der Waals surface area (Å²) in [5, 5.41) is 0.785. The number of amides is 1. The first-order valence-electron chi connectivity index (χ1n) is 6.98. The van der Waals surface area contributed by atoms with Crippen LogP contribution in [0.3, 0.4) is 0 Å². The lowest BCUT2D eigenvalue weighted by molar-refractivity contribution is -0.130. The second kappa shape index (κ2) is 7.65. The van der Waals surface area contributed by atoms with E-state index in [2.05, 4.69) is 0 Å². The lowest BCUT2D eigenvalue weighted by atomic mass is 10.2. The number of halogens is 1. The lowest BCUT2D eigenvalue weighted by Gasteiger charge is -2.37. The van der Waals surface area contributed by atoms with Crippen LogP contribution in [-0.4, -0.2) is 44.4 Å². The minimum Gasteiger partial charge on any atom is -0.337 e. The summed E-state index contributed by atoms with van der Waals surface area (Å²) in [5.41, 5.74) is 1.17. The van der Waals surface area contributed by atoms with Crippen molar-refractivity contribution in [1.29, 1.82) is 0 Å². The molecule has 0 unspecified atom stereocenters. The van der Waals surface area contributed by atoms with Crippen molar-refractivity contribution < 1.29 is 9.00 Å². The molecule has 6 heteroatoms. The lowest BCUT2D eigenvalue weighted by Crippen LogP contribution is -2.52. The maximum absolute atomic E-state index is 12.3. The van der Waals surface area contributed by atoms with Gasteiger partial charge in [0.25, 0.3) is 0 Å². The third-order valence-electron chi connectivity index (χ3n) is 3.85. The maximum atomic E-state index is 12.3. The van der Waals surface area contributed by atoms with Gasteiger partial charge in [-0.1, -0.05) is 23.7 Å². The number of carbonyl (C=O) groups excluding carboxylic acids is 1. The van der Waals surface area contributed by atoms with Gasteiger partial charge in [0.05, 0.1) is 11.0 Å². The van der Waals surface area contributed by atoms with Gasteiger partial charge in [0.15, 0.2) is 0 Å². The van der Waals surface area contributed by atoms with Crippen molar-refractivity contribution >= 4 is 40.1 Å². The molecular weight excluding hydrogens is 326 g/mol. The van der Waals surface area contributed by atoms with E-state index in [1.54, 1.807) is 11.8 Å². The smallest absolute Gasteiger partial charge is 0.232 e. The Kier molecular flexibility index (Phi) is 6.14. The molecule has 116 valence electrons. The molecule has 1 fully saturated rings. The first-order valence-corrected chi connectivity index (χ1v) is 9.89. The highest BCUT2D eigenvalue weighted by Crippen LogP contribution is 2.20. The van der Waals surface area contributed by atoms with Crippen LogP contribution in [0.4, 0.5) is 0 Å². The Morgan fingerprint density at radius 1 is 1.38 bits per heavy atom. The zero-order valence-electron chi connectivity index (χ0n) is 12.3. The highest BCUT2D eigenvalue weighted by atomic mass is 35.5. The summed E-state index contributed by atoms with van der Waals surface area (Å²) in [5.74, 6) is 2.00. The molecule has 0 bridgehead atoms. The number of nitrogens with zero attached hydrogens (tertiary/aromatic N) is 1. The molecule has 2 rings (SSSR count). The molecule has 1 aliphatic heterocycles. The van der Waals surface area contributed by atoms with Crippen LogP contribution in [0, 0.1) is 0 Å². The molecule has 1 aromatic carbocycles. The van der Waals surface area contributed by atoms with Crippen LogP contribution in [0.1, 0.15) is 19.4 Å². The summed E-state index contributed by atoms with van der Waals surface area (Å²) in [6, 6.07) is 7.75. The molecule has 1 amide bonds. The molecule has 1 saturated heterocycles. The van der Waals surface area contributed by atoms with Crippen LogP contribution in [0.2, 0.25) is 5.02 Å². The molecule has 0 aromatic heterocycles. The van der Waals surface area contributed by atoms with Crippen LogP contribution in [0.15, 0.2) is 24.3 Å². The second-order valence-electron chi connectivity index (χ2n) is 5.24. The molecule has 0 radical (unpaired) electrons. The third kappa shape index (κ3) is 4.47. The van der Waals surface area contributed by atoms with Crippen molar-refractivity contribution in [3.8, 4) is 0 Å².